The molecule has 2 aromatic heterocycles. The number of halogens is 1. The third-order valence-electron chi connectivity index (χ3n) is 3.76. The lowest BCUT2D eigenvalue weighted by Gasteiger charge is -2.36. The highest BCUT2D eigenvalue weighted by molar-refractivity contribution is 6.31. The molecule has 0 unspecified atom stereocenters. The number of hydrogen-bond acceptors (Lipinski definition) is 5. The summed E-state index contributed by atoms with van der Waals surface area (Å²) in [6.45, 7) is 4.84. The minimum atomic E-state index is 0.560. The van der Waals surface area contributed by atoms with Gasteiger partial charge >= 0.3 is 0 Å². The molecule has 5 nitrogen and oxygen atoms in total. The molecular weight excluding hydrogens is 286 g/mol. The molecule has 0 saturated carbocycles. The van der Waals surface area contributed by atoms with E-state index in [1.807, 2.05) is 24.4 Å². The lowest BCUT2D eigenvalue weighted by atomic mass is 10.2. The van der Waals surface area contributed by atoms with Gasteiger partial charge in [-0.15, -0.1) is 0 Å². The third kappa shape index (κ3) is 3.43. The van der Waals surface area contributed by atoms with Gasteiger partial charge < -0.3 is 10.6 Å². The maximum atomic E-state index is 6.16. The van der Waals surface area contributed by atoms with Gasteiger partial charge in [-0.25, -0.2) is 4.98 Å². The number of nitrogens with zero attached hydrogens (tertiary/aromatic N) is 4. The van der Waals surface area contributed by atoms with Gasteiger partial charge in [0.2, 0.25) is 0 Å². The van der Waals surface area contributed by atoms with Crippen molar-refractivity contribution in [2.45, 2.75) is 6.54 Å². The number of rotatable bonds is 3. The molecule has 0 spiro atoms. The summed E-state index contributed by atoms with van der Waals surface area (Å²) in [5.41, 5.74) is 7.89. The van der Waals surface area contributed by atoms with Crippen LogP contribution >= 0.6 is 11.6 Å². The van der Waals surface area contributed by atoms with Crippen molar-refractivity contribution in [1.29, 1.82) is 0 Å². The van der Waals surface area contributed by atoms with Crippen LogP contribution in [0.1, 0.15) is 5.56 Å². The lowest BCUT2D eigenvalue weighted by Crippen LogP contribution is -2.46. The van der Waals surface area contributed by atoms with E-state index in [9.17, 15) is 0 Å². The summed E-state index contributed by atoms with van der Waals surface area (Å²) >= 11 is 6.16. The first-order valence-electron chi connectivity index (χ1n) is 6.99. The summed E-state index contributed by atoms with van der Waals surface area (Å²) in [5, 5.41) is 0.739. The smallest absolute Gasteiger partial charge is 0.123 e. The average Bonchev–Trinajstić information content (AvgIpc) is 2.51. The summed E-state index contributed by atoms with van der Waals surface area (Å²) in [5.74, 6) is 0.560. The quantitative estimate of drug-likeness (QED) is 0.940. The predicted octanol–water partition coefficient (Wildman–Crippen LogP) is 2.03. The van der Waals surface area contributed by atoms with E-state index < -0.39 is 0 Å². The molecule has 1 fully saturated rings. The van der Waals surface area contributed by atoms with Gasteiger partial charge in [0.1, 0.15) is 5.82 Å². The summed E-state index contributed by atoms with van der Waals surface area (Å²) in [6, 6.07) is 5.86. The molecule has 2 aromatic rings. The van der Waals surface area contributed by atoms with Crippen molar-refractivity contribution in [3.05, 3.63) is 47.4 Å². The molecule has 2 N–H and O–H groups in total. The van der Waals surface area contributed by atoms with Gasteiger partial charge in [-0.3, -0.25) is 9.88 Å². The van der Waals surface area contributed by atoms with Crippen LogP contribution in [0.15, 0.2) is 36.8 Å². The van der Waals surface area contributed by atoms with Crippen LogP contribution in [0.4, 0.5) is 11.5 Å². The van der Waals surface area contributed by atoms with E-state index in [2.05, 4.69) is 19.8 Å². The first kappa shape index (κ1) is 14.1. The van der Waals surface area contributed by atoms with Gasteiger partial charge in [0.25, 0.3) is 0 Å². The number of nitrogen functional groups attached to an aromatic ring is 1. The number of anilines is 2. The number of piperazine rings is 1. The highest BCUT2D eigenvalue weighted by Gasteiger charge is 2.18. The van der Waals surface area contributed by atoms with Gasteiger partial charge in [-0.05, 0) is 23.8 Å². The van der Waals surface area contributed by atoms with E-state index in [-0.39, 0.29) is 0 Å². The molecule has 6 heteroatoms. The highest BCUT2D eigenvalue weighted by Crippen LogP contribution is 2.19. The zero-order valence-electron chi connectivity index (χ0n) is 11.7. The van der Waals surface area contributed by atoms with Gasteiger partial charge in [0.05, 0.1) is 16.9 Å². The van der Waals surface area contributed by atoms with Crippen LogP contribution in [-0.2, 0) is 6.54 Å². The summed E-state index contributed by atoms with van der Waals surface area (Å²) < 4.78 is 0. The van der Waals surface area contributed by atoms with Gasteiger partial charge in [-0.2, -0.15) is 0 Å². The van der Waals surface area contributed by atoms with Crippen molar-refractivity contribution < 1.29 is 0 Å². The van der Waals surface area contributed by atoms with E-state index in [0.29, 0.717) is 5.82 Å². The molecule has 1 aliphatic rings. The molecule has 1 saturated heterocycles. The Balaban J connectivity index is 1.58. The fraction of sp³-hybridized carbons (Fsp3) is 0.333. The predicted molar refractivity (Wildman–Crippen MR) is 85.4 cm³/mol. The largest absolute Gasteiger partial charge is 0.384 e. The third-order valence-corrected chi connectivity index (χ3v) is 4.10. The number of nitrogens with two attached hydrogens (primary N) is 1. The van der Waals surface area contributed by atoms with Crippen molar-refractivity contribution in [1.82, 2.24) is 14.9 Å². The molecule has 0 bridgehead atoms. The fourth-order valence-corrected chi connectivity index (χ4v) is 2.70. The Labute approximate surface area is 129 Å². The molecule has 1 aliphatic heterocycles. The van der Waals surface area contributed by atoms with Crippen LogP contribution in [0, 0.1) is 0 Å². The minimum absolute atomic E-state index is 0.560. The zero-order chi connectivity index (χ0) is 14.7. The van der Waals surface area contributed by atoms with E-state index in [4.69, 9.17) is 17.3 Å². The molecule has 0 aliphatic carbocycles. The summed E-state index contributed by atoms with van der Waals surface area (Å²) in [4.78, 5) is 12.9. The van der Waals surface area contributed by atoms with Gasteiger partial charge in [-0.1, -0.05) is 11.6 Å². The van der Waals surface area contributed by atoms with E-state index >= 15 is 0 Å². The maximum Gasteiger partial charge on any atom is 0.123 e. The Morgan fingerprint density at radius 2 is 1.90 bits per heavy atom. The highest BCUT2D eigenvalue weighted by atomic mass is 35.5. The first-order valence-corrected chi connectivity index (χ1v) is 7.37. The molecule has 0 atom stereocenters. The first-order chi connectivity index (χ1) is 10.2. The van der Waals surface area contributed by atoms with Crippen molar-refractivity contribution >= 4 is 23.1 Å². The molecule has 21 heavy (non-hydrogen) atoms. The van der Waals surface area contributed by atoms with Crippen LogP contribution in [0.2, 0.25) is 5.02 Å². The molecule has 0 radical (unpaired) electrons. The van der Waals surface area contributed by atoms with E-state index in [1.54, 1.807) is 12.4 Å². The summed E-state index contributed by atoms with van der Waals surface area (Å²) in [7, 11) is 0. The standard InChI is InChI=1S/C15H18ClN5/c16-14-10-18-4-3-12(14)11-20-5-7-21(8-6-20)13-1-2-15(17)19-9-13/h1-4,9-10H,5-8,11H2,(H2,17,19). The topological polar surface area (TPSA) is 58.3 Å². The molecule has 0 amide bonds. The second-order valence-electron chi connectivity index (χ2n) is 5.17. The minimum Gasteiger partial charge on any atom is -0.384 e. The zero-order valence-corrected chi connectivity index (χ0v) is 12.5. The van der Waals surface area contributed by atoms with Crippen molar-refractivity contribution in [3.8, 4) is 0 Å². The Bertz CT molecular complexity index is 593. The van der Waals surface area contributed by atoms with Crippen molar-refractivity contribution in [3.63, 3.8) is 0 Å². The van der Waals surface area contributed by atoms with Gasteiger partial charge in [0.15, 0.2) is 0 Å². The second kappa shape index (κ2) is 6.28. The van der Waals surface area contributed by atoms with Crippen LogP contribution in [0.25, 0.3) is 0 Å². The average molecular weight is 304 g/mol. The van der Waals surface area contributed by atoms with Crippen LogP contribution < -0.4 is 10.6 Å². The maximum absolute atomic E-state index is 6.16. The van der Waals surface area contributed by atoms with Crippen LogP contribution in [0.3, 0.4) is 0 Å². The van der Waals surface area contributed by atoms with Crippen molar-refractivity contribution in [2.75, 3.05) is 36.8 Å². The number of aromatic nitrogens is 2. The normalized spacial score (nSPS) is 16.1. The Kier molecular flexibility index (Phi) is 4.22. The van der Waals surface area contributed by atoms with Gasteiger partial charge in [0, 0.05) is 45.1 Å². The van der Waals surface area contributed by atoms with Crippen molar-refractivity contribution in [2.24, 2.45) is 0 Å². The molecule has 110 valence electrons. The monoisotopic (exact) mass is 303 g/mol. The van der Waals surface area contributed by atoms with E-state index in [1.165, 1.54) is 0 Å². The Morgan fingerprint density at radius 1 is 1.10 bits per heavy atom. The van der Waals surface area contributed by atoms with Crippen LogP contribution in [0.5, 0.6) is 0 Å². The molecule has 3 rings (SSSR count). The Hall–Kier alpha value is -1.85. The van der Waals surface area contributed by atoms with Crippen LogP contribution in [-0.4, -0.2) is 41.0 Å². The number of hydrogen-bond donors (Lipinski definition) is 1. The molecule has 3 heterocycles. The van der Waals surface area contributed by atoms with E-state index in [0.717, 1.165) is 49.0 Å². The Morgan fingerprint density at radius 3 is 2.57 bits per heavy atom. The fourth-order valence-electron chi connectivity index (χ4n) is 2.52. The SMILES string of the molecule is Nc1ccc(N2CCN(Cc3ccncc3Cl)CC2)cn1. The number of pyridine rings is 2. The second-order valence-corrected chi connectivity index (χ2v) is 5.58. The molecule has 0 aromatic carbocycles. The lowest BCUT2D eigenvalue weighted by molar-refractivity contribution is 0.250. The molecular formula is C15H18ClN5. The summed E-state index contributed by atoms with van der Waals surface area (Å²) in [6.07, 6.45) is 5.33.